The van der Waals surface area contributed by atoms with E-state index >= 15 is 0 Å². The number of halogens is 3. The number of carbonyl (C=O) groups excluding carboxylic acids is 1. The largest absolute Gasteiger partial charge is 0.368 e. The summed E-state index contributed by atoms with van der Waals surface area (Å²) in [6, 6.07) is 2.62. The molecular weight excluding hydrogens is 370 g/mol. The molecule has 9 heteroatoms. The zero-order valence-corrected chi connectivity index (χ0v) is 13.4. The lowest BCUT2D eigenvalue weighted by molar-refractivity contribution is -0.121. The van der Waals surface area contributed by atoms with E-state index < -0.39 is 40.9 Å². The molecule has 0 bridgehead atoms. The summed E-state index contributed by atoms with van der Waals surface area (Å²) in [6.07, 6.45) is -0.892. The number of carbonyl (C=O) groups is 1. The molecular formula is C12H13BrF2N2O3S. The number of amides is 1. The summed E-state index contributed by atoms with van der Waals surface area (Å²) < 4.78 is 53.1. The number of alkyl halides is 2. The summed E-state index contributed by atoms with van der Waals surface area (Å²) in [5, 5.41) is 0. The predicted molar refractivity (Wildman–Crippen MR) is 75.3 cm³/mol. The van der Waals surface area contributed by atoms with E-state index in [4.69, 9.17) is 5.73 Å². The molecule has 2 N–H and O–H groups in total. The van der Waals surface area contributed by atoms with Gasteiger partial charge in [0.2, 0.25) is 15.9 Å². The van der Waals surface area contributed by atoms with E-state index in [1.165, 1.54) is 18.2 Å². The van der Waals surface area contributed by atoms with Crippen LogP contribution < -0.4 is 5.73 Å². The van der Waals surface area contributed by atoms with Crippen LogP contribution in [0.25, 0.3) is 0 Å². The van der Waals surface area contributed by atoms with Crippen molar-refractivity contribution in [3.63, 3.8) is 0 Å². The van der Waals surface area contributed by atoms with Crippen LogP contribution in [0.5, 0.6) is 0 Å². The Hall–Kier alpha value is -1.06. The maximum absolute atomic E-state index is 13.5. The van der Waals surface area contributed by atoms with Gasteiger partial charge in [0.1, 0.15) is 6.04 Å². The van der Waals surface area contributed by atoms with Crippen LogP contribution in [0, 0.1) is 6.92 Å². The highest BCUT2D eigenvalue weighted by molar-refractivity contribution is 9.10. The summed E-state index contributed by atoms with van der Waals surface area (Å²) >= 11 is 3.23. The van der Waals surface area contributed by atoms with Crippen LogP contribution in [-0.2, 0) is 14.8 Å². The van der Waals surface area contributed by atoms with E-state index in [0.717, 1.165) is 0 Å². The monoisotopic (exact) mass is 382 g/mol. The number of nitrogens with two attached hydrogens (primary N) is 1. The second kappa shape index (κ2) is 5.29. The minimum atomic E-state index is -4.21. The Balaban J connectivity index is 2.47. The van der Waals surface area contributed by atoms with Gasteiger partial charge in [0, 0.05) is 10.9 Å². The molecule has 1 aliphatic rings. The molecule has 1 heterocycles. The second-order valence-electron chi connectivity index (χ2n) is 4.94. The lowest BCUT2D eigenvalue weighted by atomic mass is 10.2. The molecule has 2 rings (SSSR count). The van der Waals surface area contributed by atoms with Crippen LogP contribution in [0.3, 0.4) is 0 Å². The average Bonchev–Trinajstić information content (AvgIpc) is 2.69. The molecule has 1 aromatic carbocycles. The molecule has 0 aromatic heterocycles. The quantitative estimate of drug-likeness (QED) is 0.862. The van der Waals surface area contributed by atoms with Crippen molar-refractivity contribution in [1.29, 1.82) is 0 Å². The van der Waals surface area contributed by atoms with Crippen LogP contribution >= 0.6 is 15.9 Å². The molecule has 1 fully saturated rings. The number of aryl methyl sites for hydroxylation is 1. The van der Waals surface area contributed by atoms with Crippen molar-refractivity contribution in [2.45, 2.75) is 30.2 Å². The van der Waals surface area contributed by atoms with Crippen molar-refractivity contribution < 1.29 is 22.0 Å². The maximum Gasteiger partial charge on any atom is 0.263 e. The molecule has 0 aliphatic carbocycles. The minimum Gasteiger partial charge on any atom is -0.368 e. The first kappa shape index (κ1) is 16.3. The van der Waals surface area contributed by atoms with Crippen molar-refractivity contribution in [2.24, 2.45) is 5.73 Å². The lowest BCUT2D eigenvalue weighted by Crippen LogP contribution is -2.43. The number of nitrogens with zero attached hydrogens (tertiary/aromatic N) is 1. The number of sulfonamides is 1. The third kappa shape index (κ3) is 3.09. The summed E-state index contributed by atoms with van der Waals surface area (Å²) in [5.41, 5.74) is 5.69. The highest BCUT2D eigenvalue weighted by Gasteiger charge is 2.52. The molecule has 1 atom stereocenters. The molecule has 0 saturated carbocycles. The van der Waals surface area contributed by atoms with E-state index in [9.17, 15) is 22.0 Å². The molecule has 0 spiro atoms. The van der Waals surface area contributed by atoms with Crippen LogP contribution in [-0.4, -0.2) is 37.1 Å². The van der Waals surface area contributed by atoms with Gasteiger partial charge in [0.05, 0.1) is 11.4 Å². The Labute approximate surface area is 129 Å². The van der Waals surface area contributed by atoms with Crippen molar-refractivity contribution in [3.8, 4) is 0 Å². The predicted octanol–water partition coefficient (Wildman–Crippen LogP) is 1.64. The zero-order valence-electron chi connectivity index (χ0n) is 11.0. The van der Waals surface area contributed by atoms with Crippen molar-refractivity contribution in [2.75, 3.05) is 6.54 Å². The highest BCUT2D eigenvalue weighted by atomic mass is 79.9. The fourth-order valence-electron chi connectivity index (χ4n) is 2.20. The van der Waals surface area contributed by atoms with Gasteiger partial charge in [0.15, 0.2) is 0 Å². The van der Waals surface area contributed by atoms with Crippen molar-refractivity contribution in [3.05, 3.63) is 28.2 Å². The number of hydrogen-bond donors (Lipinski definition) is 1. The van der Waals surface area contributed by atoms with Gasteiger partial charge in [-0.2, -0.15) is 4.31 Å². The SMILES string of the molecule is Cc1cc(S(=O)(=O)N2CC(F)(F)C[C@H]2C(N)=O)ccc1Br. The molecule has 1 aliphatic heterocycles. The molecule has 5 nitrogen and oxygen atoms in total. The first-order chi connectivity index (χ1) is 9.54. The highest BCUT2D eigenvalue weighted by Crippen LogP contribution is 2.36. The lowest BCUT2D eigenvalue weighted by Gasteiger charge is -2.21. The Morgan fingerprint density at radius 1 is 1.48 bits per heavy atom. The van der Waals surface area contributed by atoms with E-state index in [0.29, 0.717) is 14.3 Å². The smallest absolute Gasteiger partial charge is 0.263 e. The Morgan fingerprint density at radius 2 is 2.10 bits per heavy atom. The van der Waals surface area contributed by atoms with Crippen molar-refractivity contribution in [1.82, 2.24) is 4.31 Å². The van der Waals surface area contributed by atoms with Gasteiger partial charge in [-0.15, -0.1) is 0 Å². The van der Waals surface area contributed by atoms with Crippen LogP contribution in [0.2, 0.25) is 0 Å². The Kier molecular flexibility index (Phi) is 4.11. The molecule has 1 amide bonds. The third-order valence-electron chi connectivity index (χ3n) is 3.29. The summed E-state index contributed by atoms with van der Waals surface area (Å²) in [4.78, 5) is 11.1. The summed E-state index contributed by atoms with van der Waals surface area (Å²) in [7, 11) is -4.21. The Bertz CT molecular complexity index is 694. The van der Waals surface area contributed by atoms with Gasteiger partial charge in [-0.25, -0.2) is 17.2 Å². The maximum atomic E-state index is 13.5. The number of hydrogen-bond acceptors (Lipinski definition) is 3. The third-order valence-corrected chi connectivity index (χ3v) is 6.03. The summed E-state index contributed by atoms with van der Waals surface area (Å²) in [5.74, 6) is -4.35. The number of benzene rings is 1. The zero-order chi connectivity index (χ0) is 16.0. The van der Waals surface area contributed by atoms with Gasteiger partial charge in [-0.05, 0) is 30.7 Å². The molecule has 116 valence electrons. The van der Waals surface area contributed by atoms with Crippen molar-refractivity contribution >= 4 is 31.9 Å². The normalized spacial score (nSPS) is 22.4. The molecule has 1 aromatic rings. The molecule has 21 heavy (non-hydrogen) atoms. The Morgan fingerprint density at radius 3 is 2.62 bits per heavy atom. The number of primary amides is 1. The molecule has 0 unspecified atom stereocenters. The van der Waals surface area contributed by atoms with E-state index in [1.54, 1.807) is 6.92 Å². The second-order valence-corrected chi connectivity index (χ2v) is 7.68. The molecule has 0 radical (unpaired) electrons. The van der Waals surface area contributed by atoms with Gasteiger partial charge < -0.3 is 5.73 Å². The van der Waals surface area contributed by atoms with Gasteiger partial charge in [0.25, 0.3) is 5.92 Å². The van der Waals surface area contributed by atoms with Gasteiger partial charge in [-0.1, -0.05) is 15.9 Å². The van der Waals surface area contributed by atoms with Gasteiger partial charge >= 0.3 is 0 Å². The molecule has 1 saturated heterocycles. The first-order valence-electron chi connectivity index (χ1n) is 6.00. The fourth-order valence-corrected chi connectivity index (χ4v) is 4.15. The number of rotatable bonds is 3. The van der Waals surface area contributed by atoms with E-state index in [1.807, 2.05) is 0 Å². The minimum absolute atomic E-state index is 0.146. The average molecular weight is 383 g/mol. The first-order valence-corrected chi connectivity index (χ1v) is 8.23. The summed E-state index contributed by atoms with van der Waals surface area (Å²) in [6.45, 7) is 0.630. The van der Waals surface area contributed by atoms with Gasteiger partial charge in [-0.3, -0.25) is 4.79 Å². The van der Waals surface area contributed by atoms with Crippen LogP contribution in [0.1, 0.15) is 12.0 Å². The van der Waals surface area contributed by atoms with Crippen LogP contribution in [0.4, 0.5) is 8.78 Å². The standard InChI is InChI=1S/C12H13BrF2N2O3S/c1-7-4-8(2-3-9(7)13)21(19,20)17-6-12(14,15)5-10(17)11(16)18/h2-4,10H,5-6H2,1H3,(H2,16,18)/t10-/m0/s1. The van der Waals surface area contributed by atoms with E-state index in [-0.39, 0.29) is 4.90 Å². The van der Waals surface area contributed by atoms with E-state index in [2.05, 4.69) is 15.9 Å². The van der Waals surface area contributed by atoms with Crippen LogP contribution in [0.15, 0.2) is 27.6 Å². The topological polar surface area (TPSA) is 80.5 Å². The fraction of sp³-hybridized carbons (Fsp3) is 0.417.